The maximum Gasteiger partial charge on any atom is 0.127 e. The highest BCUT2D eigenvalue weighted by Gasteiger charge is 2.28. The highest BCUT2D eigenvalue weighted by atomic mass is 35.5. The molecule has 1 aliphatic rings. The molecule has 0 saturated carbocycles. The van der Waals surface area contributed by atoms with Crippen molar-refractivity contribution in [2.75, 3.05) is 0 Å². The van der Waals surface area contributed by atoms with Gasteiger partial charge in [0.15, 0.2) is 0 Å². The summed E-state index contributed by atoms with van der Waals surface area (Å²) in [7, 11) is 0. The molecule has 2 aromatic carbocycles. The van der Waals surface area contributed by atoms with E-state index in [2.05, 4.69) is 0 Å². The second kappa shape index (κ2) is 5.28. The number of aryl methyl sites for hydroxylation is 1. The van der Waals surface area contributed by atoms with Crippen LogP contribution in [0.4, 0.5) is 0 Å². The molecular formula is C16H14Cl2O2. The summed E-state index contributed by atoms with van der Waals surface area (Å²) in [6, 6.07) is 11.2. The first-order chi connectivity index (χ1) is 9.52. The van der Waals surface area contributed by atoms with Crippen LogP contribution in [0, 0.1) is 6.92 Å². The molecule has 0 radical (unpaired) electrons. The third kappa shape index (κ3) is 2.64. The normalized spacial score (nSPS) is 21.2. The number of halogens is 2. The molecular weight excluding hydrogens is 295 g/mol. The lowest BCUT2D eigenvalue weighted by Gasteiger charge is -2.30. The third-order valence-corrected chi connectivity index (χ3v) is 3.92. The second-order valence-electron chi connectivity index (χ2n) is 5.10. The summed E-state index contributed by atoms with van der Waals surface area (Å²) in [5.74, 6) is 0.718. The first-order valence-corrected chi connectivity index (χ1v) is 7.20. The van der Waals surface area contributed by atoms with Crippen LogP contribution in [-0.4, -0.2) is 5.11 Å². The lowest BCUT2D eigenvalue weighted by atomic mass is 9.94. The summed E-state index contributed by atoms with van der Waals surface area (Å²) >= 11 is 12.0. The lowest BCUT2D eigenvalue weighted by Crippen LogP contribution is -2.19. The van der Waals surface area contributed by atoms with Gasteiger partial charge in [0.05, 0.1) is 6.10 Å². The summed E-state index contributed by atoms with van der Waals surface area (Å²) < 4.78 is 5.98. The van der Waals surface area contributed by atoms with Crippen molar-refractivity contribution in [1.82, 2.24) is 0 Å². The smallest absolute Gasteiger partial charge is 0.127 e. The van der Waals surface area contributed by atoms with Gasteiger partial charge < -0.3 is 9.84 Å². The topological polar surface area (TPSA) is 29.5 Å². The molecule has 0 bridgehead atoms. The first-order valence-electron chi connectivity index (χ1n) is 6.44. The Morgan fingerprint density at radius 3 is 2.50 bits per heavy atom. The van der Waals surface area contributed by atoms with E-state index in [9.17, 15) is 5.11 Å². The van der Waals surface area contributed by atoms with Crippen LogP contribution in [-0.2, 0) is 0 Å². The quantitative estimate of drug-likeness (QED) is 0.815. The minimum absolute atomic E-state index is 0.239. The van der Waals surface area contributed by atoms with Crippen LogP contribution in [0.3, 0.4) is 0 Å². The molecule has 104 valence electrons. The van der Waals surface area contributed by atoms with Crippen LogP contribution in [0.5, 0.6) is 5.75 Å². The predicted molar refractivity (Wildman–Crippen MR) is 80.6 cm³/mol. The standard InChI is InChI=1S/C16H14Cl2O2/c1-9-2-3-15-13(4-9)14(19)8-16(20-15)10-5-11(17)7-12(18)6-10/h2-7,14,16,19H,8H2,1H3. The average molecular weight is 309 g/mol. The van der Waals surface area contributed by atoms with Crippen molar-refractivity contribution in [3.8, 4) is 5.75 Å². The number of aliphatic hydroxyl groups is 1. The molecule has 4 heteroatoms. The Morgan fingerprint density at radius 1 is 1.10 bits per heavy atom. The van der Waals surface area contributed by atoms with E-state index in [0.717, 1.165) is 22.4 Å². The van der Waals surface area contributed by atoms with E-state index in [4.69, 9.17) is 27.9 Å². The van der Waals surface area contributed by atoms with Gasteiger partial charge in [0.25, 0.3) is 0 Å². The van der Waals surface area contributed by atoms with Gasteiger partial charge in [-0.2, -0.15) is 0 Å². The number of benzene rings is 2. The highest BCUT2D eigenvalue weighted by Crippen LogP contribution is 2.41. The zero-order valence-corrected chi connectivity index (χ0v) is 12.4. The third-order valence-electron chi connectivity index (χ3n) is 3.49. The Balaban J connectivity index is 1.96. The fourth-order valence-corrected chi connectivity index (χ4v) is 3.07. The van der Waals surface area contributed by atoms with Crippen molar-refractivity contribution in [2.45, 2.75) is 25.6 Å². The van der Waals surface area contributed by atoms with Crippen LogP contribution in [0.2, 0.25) is 10.0 Å². The zero-order chi connectivity index (χ0) is 14.3. The molecule has 0 fully saturated rings. The molecule has 0 spiro atoms. The molecule has 0 saturated heterocycles. The Labute approximate surface area is 127 Å². The van der Waals surface area contributed by atoms with Gasteiger partial charge in [0, 0.05) is 22.0 Å². The molecule has 2 nitrogen and oxygen atoms in total. The second-order valence-corrected chi connectivity index (χ2v) is 5.97. The zero-order valence-electron chi connectivity index (χ0n) is 10.9. The van der Waals surface area contributed by atoms with Gasteiger partial charge in [0.1, 0.15) is 11.9 Å². The highest BCUT2D eigenvalue weighted by molar-refractivity contribution is 6.34. The molecule has 1 heterocycles. The summed E-state index contributed by atoms with van der Waals surface area (Å²) in [5, 5.41) is 11.4. The van der Waals surface area contributed by atoms with E-state index in [-0.39, 0.29) is 6.10 Å². The van der Waals surface area contributed by atoms with E-state index in [1.807, 2.05) is 37.3 Å². The van der Waals surface area contributed by atoms with Crippen molar-refractivity contribution in [1.29, 1.82) is 0 Å². The number of ether oxygens (including phenoxy) is 1. The summed E-state index contributed by atoms with van der Waals surface area (Å²) in [6.07, 6.45) is -0.287. The Bertz CT molecular complexity index is 635. The van der Waals surface area contributed by atoms with Crippen molar-refractivity contribution < 1.29 is 9.84 Å². The van der Waals surface area contributed by atoms with Crippen LogP contribution < -0.4 is 4.74 Å². The van der Waals surface area contributed by atoms with Crippen molar-refractivity contribution in [2.24, 2.45) is 0 Å². The monoisotopic (exact) mass is 308 g/mol. The molecule has 2 unspecified atom stereocenters. The van der Waals surface area contributed by atoms with Crippen LogP contribution >= 0.6 is 23.2 Å². The molecule has 2 aromatic rings. The van der Waals surface area contributed by atoms with Crippen molar-refractivity contribution in [3.05, 3.63) is 63.1 Å². The first kappa shape index (κ1) is 13.7. The van der Waals surface area contributed by atoms with E-state index >= 15 is 0 Å². The van der Waals surface area contributed by atoms with E-state index < -0.39 is 6.10 Å². The number of rotatable bonds is 1. The molecule has 0 aromatic heterocycles. The Hall–Kier alpha value is -1.22. The molecule has 0 amide bonds. The van der Waals surface area contributed by atoms with E-state index in [1.165, 1.54) is 0 Å². The molecule has 2 atom stereocenters. The van der Waals surface area contributed by atoms with Gasteiger partial charge in [-0.15, -0.1) is 0 Å². The number of hydrogen-bond acceptors (Lipinski definition) is 2. The van der Waals surface area contributed by atoms with Crippen LogP contribution in [0.25, 0.3) is 0 Å². The van der Waals surface area contributed by atoms with E-state index in [1.54, 1.807) is 6.07 Å². The number of aliphatic hydroxyl groups excluding tert-OH is 1. The summed E-state index contributed by atoms with van der Waals surface area (Å²) in [5.41, 5.74) is 2.83. The predicted octanol–water partition coefficient (Wildman–Crippen LogP) is 4.86. The molecule has 1 N–H and O–H groups in total. The van der Waals surface area contributed by atoms with Gasteiger partial charge in [-0.25, -0.2) is 0 Å². The maximum atomic E-state index is 10.3. The minimum atomic E-state index is -0.540. The molecule has 20 heavy (non-hydrogen) atoms. The molecule has 3 rings (SSSR count). The van der Waals surface area contributed by atoms with Crippen molar-refractivity contribution >= 4 is 23.2 Å². The minimum Gasteiger partial charge on any atom is -0.485 e. The van der Waals surface area contributed by atoms with Crippen LogP contribution in [0.1, 0.15) is 35.3 Å². The van der Waals surface area contributed by atoms with Gasteiger partial charge in [0.2, 0.25) is 0 Å². The van der Waals surface area contributed by atoms with Gasteiger partial charge >= 0.3 is 0 Å². The maximum absolute atomic E-state index is 10.3. The van der Waals surface area contributed by atoms with Crippen LogP contribution in [0.15, 0.2) is 36.4 Å². The number of hydrogen-bond donors (Lipinski definition) is 1. The average Bonchev–Trinajstić information content (AvgIpc) is 2.38. The summed E-state index contributed by atoms with van der Waals surface area (Å²) in [4.78, 5) is 0. The van der Waals surface area contributed by atoms with Gasteiger partial charge in [-0.05, 0) is 42.8 Å². The van der Waals surface area contributed by atoms with Gasteiger partial charge in [-0.3, -0.25) is 0 Å². The van der Waals surface area contributed by atoms with Crippen molar-refractivity contribution in [3.63, 3.8) is 0 Å². The SMILES string of the molecule is Cc1ccc2c(c1)C(O)CC(c1cc(Cl)cc(Cl)c1)O2. The van der Waals surface area contributed by atoms with Gasteiger partial charge in [-0.1, -0.05) is 34.8 Å². The lowest BCUT2D eigenvalue weighted by molar-refractivity contribution is 0.0657. The number of fused-ring (bicyclic) bond motifs is 1. The Kier molecular flexibility index (Phi) is 3.63. The molecule has 0 aliphatic carbocycles. The Morgan fingerprint density at radius 2 is 1.80 bits per heavy atom. The van der Waals surface area contributed by atoms with E-state index in [0.29, 0.717) is 16.5 Å². The fourth-order valence-electron chi connectivity index (χ4n) is 2.53. The molecule has 1 aliphatic heterocycles. The fraction of sp³-hybridized carbons (Fsp3) is 0.250. The summed E-state index contributed by atoms with van der Waals surface area (Å²) in [6.45, 7) is 2.00. The largest absolute Gasteiger partial charge is 0.485 e.